The number of carboxylic acid groups (broad SMARTS) is 1. The molecule has 96 valence electrons. The first kappa shape index (κ1) is 14.1. The summed E-state index contributed by atoms with van der Waals surface area (Å²) in [4.78, 5) is 32.4. The molecule has 0 fully saturated rings. The molecule has 1 atom stereocenters. The SMILES string of the molecule is C[C@@H](NC(=O)c1cccc([N+](=O)[O-])c1Br)C(=O)O. The van der Waals surface area contributed by atoms with Crippen molar-refractivity contribution in [3.63, 3.8) is 0 Å². The highest BCUT2D eigenvalue weighted by molar-refractivity contribution is 9.10. The molecule has 0 spiro atoms. The Morgan fingerprint density at radius 3 is 2.61 bits per heavy atom. The highest BCUT2D eigenvalue weighted by atomic mass is 79.9. The standard InChI is InChI=1S/C10H9BrN2O5/c1-5(10(15)16)12-9(14)6-3-2-4-7(8(6)11)13(17)18/h2-5H,1H3,(H,12,14)(H,15,16)/t5-/m1/s1. The number of carbonyl (C=O) groups excluding carboxylic acids is 1. The van der Waals surface area contributed by atoms with Crippen molar-refractivity contribution in [2.45, 2.75) is 13.0 Å². The maximum absolute atomic E-state index is 11.7. The molecule has 1 aromatic rings. The summed E-state index contributed by atoms with van der Waals surface area (Å²) >= 11 is 2.96. The molecule has 0 aromatic heterocycles. The first-order valence-corrected chi connectivity index (χ1v) is 5.60. The summed E-state index contributed by atoms with van der Waals surface area (Å²) in [7, 11) is 0. The van der Waals surface area contributed by atoms with Crippen molar-refractivity contribution < 1.29 is 19.6 Å². The highest BCUT2D eigenvalue weighted by Crippen LogP contribution is 2.28. The van der Waals surface area contributed by atoms with Gasteiger partial charge in [-0.2, -0.15) is 0 Å². The van der Waals surface area contributed by atoms with Crippen LogP contribution in [0.15, 0.2) is 22.7 Å². The van der Waals surface area contributed by atoms with Gasteiger partial charge in [-0.25, -0.2) is 0 Å². The molecule has 2 N–H and O–H groups in total. The van der Waals surface area contributed by atoms with Gasteiger partial charge < -0.3 is 10.4 Å². The smallest absolute Gasteiger partial charge is 0.325 e. The second-order valence-electron chi connectivity index (χ2n) is 3.43. The van der Waals surface area contributed by atoms with Crippen LogP contribution >= 0.6 is 15.9 Å². The van der Waals surface area contributed by atoms with E-state index >= 15 is 0 Å². The number of nitro benzene ring substituents is 1. The summed E-state index contributed by atoms with van der Waals surface area (Å²) in [5.41, 5.74) is -0.247. The van der Waals surface area contributed by atoms with Crippen molar-refractivity contribution in [2.24, 2.45) is 0 Å². The molecule has 0 aliphatic rings. The Labute approximate surface area is 110 Å². The van der Waals surface area contributed by atoms with Crippen molar-refractivity contribution in [1.29, 1.82) is 0 Å². The molecule has 0 bridgehead atoms. The lowest BCUT2D eigenvalue weighted by Gasteiger charge is -2.10. The number of carbonyl (C=O) groups is 2. The molecule has 0 radical (unpaired) electrons. The van der Waals surface area contributed by atoms with Crippen molar-refractivity contribution in [3.8, 4) is 0 Å². The minimum absolute atomic E-state index is 0.0114. The fourth-order valence-electron chi connectivity index (χ4n) is 1.17. The molecule has 8 heteroatoms. The third-order valence-electron chi connectivity index (χ3n) is 2.14. The monoisotopic (exact) mass is 316 g/mol. The first-order chi connectivity index (χ1) is 8.34. The zero-order valence-electron chi connectivity index (χ0n) is 9.21. The lowest BCUT2D eigenvalue weighted by molar-refractivity contribution is -0.385. The van der Waals surface area contributed by atoms with Gasteiger partial charge in [-0.15, -0.1) is 0 Å². The second-order valence-corrected chi connectivity index (χ2v) is 4.22. The maximum atomic E-state index is 11.7. The summed E-state index contributed by atoms with van der Waals surface area (Å²) in [6.07, 6.45) is 0. The molecule has 18 heavy (non-hydrogen) atoms. The summed E-state index contributed by atoms with van der Waals surface area (Å²) < 4.78 is 0.0186. The van der Waals surface area contributed by atoms with E-state index in [-0.39, 0.29) is 15.7 Å². The van der Waals surface area contributed by atoms with Crippen LogP contribution in [0.25, 0.3) is 0 Å². The van der Waals surface area contributed by atoms with Crippen LogP contribution in [0.5, 0.6) is 0 Å². The lowest BCUT2D eigenvalue weighted by Crippen LogP contribution is -2.38. The normalized spacial score (nSPS) is 11.7. The Morgan fingerprint density at radius 2 is 2.11 bits per heavy atom. The molecule has 0 aliphatic carbocycles. The number of nitro groups is 1. The second kappa shape index (κ2) is 5.58. The number of aliphatic carboxylic acids is 1. The van der Waals surface area contributed by atoms with Crippen LogP contribution < -0.4 is 5.32 Å². The van der Waals surface area contributed by atoms with E-state index in [0.717, 1.165) is 0 Å². The molecule has 1 aromatic carbocycles. The van der Waals surface area contributed by atoms with Gasteiger partial charge in [-0.1, -0.05) is 6.07 Å². The zero-order valence-corrected chi connectivity index (χ0v) is 10.8. The van der Waals surface area contributed by atoms with E-state index < -0.39 is 22.8 Å². The number of amides is 1. The van der Waals surface area contributed by atoms with E-state index in [2.05, 4.69) is 21.2 Å². The average Bonchev–Trinajstić information content (AvgIpc) is 2.28. The molecule has 1 amide bonds. The fraction of sp³-hybridized carbons (Fsp3) is 0.200. The number of benzene rings is 1. The number of carboxylic acids is 1. The average molecular weight is 317 g/mol. The number of nitrogens with zero attached hydrogens (tertiary/aromatic N) is 1. The molecule has 1 rings (SSSR count). The largest absolute Gasteiger partial charge is 0.480 e. The molecule has 0 saturated carbocycles. The van der Waals surface area contributed by atoms with Crippen LogP contribution in [0.1, 0.15) is 17.3 Å². The fourth-order valence-corrected chi connectivity index (χ4v) is 1.76. The number of hydrogen-bond donors (Lipinski definition) is 2. The van der Waals surface area contributed by atoms with Gasteiger partial charge in [0.1, 0.15) is 10.5 Å². The van der Waals surface area contributed by atoms with Crippen molar-refractivity contribution in [1.82, 2.24) is 5.32 Å². The van der Waals surface area contributed by atoms with Crippen LogP contribution in [0.3, 0.4) is 0 Å². The van der Waals surface area contributed by atoms with Crippen LogP contribution in [0, 0.1) is 10.1 Å². The predicted molar refractivity (Wildman–Crippen MR) is 65.4 cm³/mol. The van der Waals surface area contributed by atoms with Gasteiger partial charge in [0.15, 0.2) is 0 Å². The number of hydrogen-bond acceptors (Lipinski definition) is 4. The lowest BCUT2D eigenvalue weighted by atomic mass is 10.2. The predicted octanol–water partition coefficient (Wildman–Crippen LogP) is 1.56. The highest BCUT2D eigenvalue weighted by Gasteiger charge is 2.21. The molecule has 0 aliphatic heterocycles. The van der Waals surface area contributed by atoms with E-state index in [1.165, 1.54) is 25.1 Å². The van der Waals surface area contributed by atoms with E-state index in [9.17, 15) is 19.7 Å². The van der Waals surface area contributed by atoms with Crippen LogP contribution in [0.2, 0.25) is 0 Å². The third kappa shape index (κ3) is 3.04. The van der Waals surface area contributed by atoms with Crippen LogP contribution in [0.4, 0.5) is 5.69 Å². The van der Waals surface area contributed by atoms with Gasteiger partial charge in [0, 0.05) is 6.07 Å². The Bertz CT molecular complexity index is 517. The van der Waals surface area contributed by atoms with E-state index in [1.807, 2.05) is 0 Å². The van der Waals surface area contributed by atoms with Crippen molar-refractivity contribution >= 4 is 33.5 Å². The van der Waals surface area contributed by atoms with Crippen molar-refractivity contribution in [2.75, 3.05) is 0 Å². The summed E-state index contributed by atoms with van der Waals surface area (Å²) in [6, 6.07) is 2.87. The van der Waals surface area contributed by atoms with Gasteiger partial charge in [0.2, 0.25) is 0 Å². The third-order valence-corrected chi connectivity index (χ3v) is 2.97. The summed E-state index contributed by atoms with van der Waals surface area (Å²) in [6.45, 7) is 1.30. The van der Waals surface area contributed by atoms with Gasteiger partial charge in [0.05, 0.1) is 10.5 Å². The molecular formula is C10H9BrN2O5. The Kier molecular flexibility index (Phi) is 4.38. The molecular weight excluding hydrogens is 308 g/mol. The van der Waals surface area contributed by atoms with E-state index in [0.29, 0.717) is 0 Å². The van der Waals surface area contributed by atoms with Gasteiger partial charge >= 0.3 is 5.97 Å². The Hall–Kier alpha value is -1.96. The first-order valence-electron chi connectivity index (χ1n) is 4.81. The van der Waals surface area contributed by atoms with E-state index in [1.54, 1.807) is 0 Å². The summed E-state index contributed by atoms with van der Waals surface area (Å²) in [5, 5.41) is 21.5. The minimum Gasteiger partial charge on any atom is -0.480 e. The topological polar surface area (TPSA) is 110 Å². The van der Waals surface area contributed by atoms with Crippen molar-refractivity contribution in [3.05, 3.63) is 38.3 Å². The molecule has 7 nitrogen and oxygen atoms in total. The Balaban J connectivity index is 3.04. The molecule has 0 heterocycles. The van der Waals surface area contributed by atoms with Crippen LogP contribution in [-0.2, 0) is 4.79 Å². The molecule has 0 unspecified atom stereocenters. The zero-order chi connectivity index (χ0) is 13.9. The number of halogens is 1. The number of rotatable bonds is 4. The van der Waals surface area contributed by atoms with Crippen LogP contribution in [-0.4, -0.2) is 27.9 Å². The maximum Gasteiger partial charge on any atom is 0.325 e. The minimum atomic E-state index is -1.19. The van der Waals surface area contributed by atoms with Gasteiger partial charge in [-0.05, 0) is 28.9 Å². The molecule has 0 saturated heterocycles. The number of nitrogens with one attached hydrogen (secondary N) is 1. The quantitative estimate of drug-likeness (QED) is 0.647. The summed E-state index contributed by atoms with van der Waals surface area (Å²) in [5.74, 6) is -1.88. The van der Waals surface area contributed by atoms with E-state index in [4.69, 9.17) is 5.11 Å². The Morgan fingerprint density at radius 1 is 1.50 bits per heavy atom. The van der Waals surface area contributed by atoms with Gasteiger partial charge in [0.25, 0.3) is 11.6 Å². The van der Waals surface area contributed by atoms with Gasteiger partial charge in [-0.3, -0.25) is 19.7 Å².